The van der Waals surface area contributed by atoms with Crippen molar-refractivity contribution in [2.45, 2.75) is 13.3 Å². The number of fused-ring (bicyclic) bond motifs is 3. The Kier molecular flexibility index (Phi) is 2.96. The van der Waals surface area contributed by atoms with Gasteiger partial charge in [-0.3, -0.25) is 4.79 Å². The van der Waals surface area contributed by atoms with E-state index in [1.807, 2.05) is 30.3 Å². The van der Waals surface area contributed by atoms with Gasteiger partial charge in [-0.2, -0.15) is 5.10 Å². The largest absolute Gasteiger partial charge is 0.384 e. The number of amides is 1. The highest BCUT2D eigenvalue weighted by atomic mass is 16.2. The van der Waals surface area contributed by atoms with Gasteiger partial charge in [0.25, 0.3) is 0 Å². The van der Waals surface area contributed by atoms with Gasteiger partial charge in [-0.05, 0) is 31.2 Å². The van der Waals surface area contributed by atoms with Crippen LogP contribution >= 0.6 is 0 Å². The van der Waals surface area contributed by atoms with Crippen molar-refractivity contribution in [3.63, 3.8) is 0 Å². The Hall–Kier alpha value is -2.62. The van der Waals surface area contributed by atoms with Crippen molar-refractivity contribution in [1.82, 2.24) is 0 Å². The lowest BCUT2D eigenvalue weighted by molar-refractivity contribution is -0.119. The summed E-state index contributed by atoms with van der Waals surface area (Å²) in [4.78, 5) is 12.4. The molecule has 2 heterocycles. The van der Waals surface area contributed by atoms with Gasteiger partial charge >= 0.3 is 0 Å². The topological polar surface area (TPSA) is 44.7 Å². The van der Waals surface area contributed by atoms with Crippen molar-refractivity contribution in [3.05, 3.63) is 59.7 Å². The van der Waals surface area contributed by atoms with Crippen molar-refractivity contribution in [2.24, 2.45) is 11.0 Å². The normalized spacial score (nSPS) is 19.9. The Labute approximate surface area is 129 Å². The standard InChI is InChI=1S/C18H17N3O/c1-12-7-8-16-15(9-12)18-13(11-19-16)10-17(22)21(20-18)14-5-3-2-4-6-14/h2-9,13,19H,10-11H2,1H3. The summed E-state index contributed by atoms with van der Waals surface area (Å²) in [6.45, 7) is 2.84. The third-order valence-electron chi connectivity index (χ3n) is 4.24. The van der Waals surface area contributed by atoms with E-state index in [0.29, 0.717) is 6.42 Å². The van der Waals surface area contributed by atoms with Crippen molar-refractivity contribution in [3.8, 4) is 0 Å². The fourth-order valence-electron chi connectivity index (χ4n) is 3.11. The van der Waals surface area contributed by atoms with E-state index in [0.717, 1.165) is 29.2 Å². The fraction of sp³-hybridized carbons (Fsp3) is 0.222. The van der Waals surface area contributed by atoms with Gasteiger partial charge in [-0.1, -0.05) is 29.8 Å². The smallest absolute Gasteiger partial charge is 0.248 e. The molecule has 110 valence electrons. The number of nitrogens with zero attached hydrogens (tertiary/aromatic N) is 2. The van der Waals surface area contributed by atoms with Gasteiger partial charge in [-0.25, -0.2) is 5.01 Å². The second kappa shape index (κ2) is 4.98. The maximum Gasteiger partial charge on any atom is 0.248 e. The molecule has 2 aliphatic heterocycles. The number of hydrazone groups is 1. The van der Waals surface area contributed by atoms with Crippen molar-refractivity contribution < 1.29 is 4.79 Å². The third-order valence-corrected chi connectivity index (χ3v) is 4.24. The summed E-state index contributed by atoms with van der Waals surface area (Å²) < 4.78 is 0. The molecule has 0 fully saturated rings. The van der Waals surface area contributed by atoms with E-state index in [4.69, 9.17) is 5.10 Å². The second-order valence-electron chi connectivity index (χ2n) is 5.86. The average Bonchev–Trinajstić information content (AvgIpc) is 2.55. The molecule has 1 N–H and O–H groups in total. The highest BCUT2D eigenvalue weighted by molar-refractivity contribution is 6.14. The zero-order valence-electron chi connectivity index (χ0n) is 12.4. The average molecular weight is 291 g/mol. The Morgan fingerprint density at radius 3 is 2.82 bits per heavy atom. The van der Waals surface area contributed by atoms with E-state index >= 15 is 0 Å². The molecular formula is C18H17N3O. The molecule has 0 spiro atoms. The van der Waals surface area contributed by atoms with Gasteiger partial charge in [0.15, 0.2) is 0 Å². The number of carbonyl (C=O) groups excluding carboxylic acids is 1. The van der Waals surface area contributed by atoms with E-state index in [-0.39, 0.29) is 11.8 Å². The molecule has 0 radical (unpaired) electrons. The molecule has 4 nitrogen and oxygen atoms in total. The fourth-order valence-corrected chi connectivity index (χ4v) is 3.11. The Balaban J connectivity index is 1.83. The molecule has 0 bridgehead atoms. The van der Waals surface area contributed by atoms with Crippen LogP contribution in [0, 0.1) is 12.8 Å². The first-order valence-electron chi connectivity index (χ1n) is 7.54. The van der Waals surface area contributed by atoms with Crippen LogP contribution in [0.25, 0.3) is 0 Å². The number of aryl methyl sites for hydroxylation is 1. The molecule has 0 saturated carbocycles. The molecule has 0 saturated heterocycles. The number of para-hydroxylation sites is 1. The lowest BCUT2D eigenvalue weighted by Gasteiger charge is -2.34. The number of benzene rings is 2. The summed E-state index contributed by atoms with van der Waals surface area (Å²) in [5.74, 6) is 0.208. The lowest BCUT2D eigenvalue weighted by Crippen LogP contribution is -2.42. The van der Waals surface area contributed by atoms with E-state index in [9.17, 15) is 4.79 Å². The van der Waals surface area contributed by atoms with Crippen LogP contribution in [0.2, 0.25) is 0 Å². The first-order valence-corrected chi connectivity index (χ1v) is 7.54. The molecular weight excluding hydrogens is 274 g/mol. The van der Waals surface area contributed by atoms with E-state index in [1.54, 1.807) is 5.01 Å². The maximum absolute atomic E-state index is 12.4. The zero-order valence-corrected chi connectivity index (χ0v) is 12.4. The van der Waals surface area contributed by atoms with Gasteiger partial charge in [0.1, 0.15) is 0 Å². The quantitative estimate of drug-likeness (QED) is 0.877. The SMILES string of the molecule is Cc1ccc2c(c1)C1=NN(c3ccccc3)C(=O)CC1CN2. The minimum Gasteiger partial charge on any atom is -0.384 e. The van der Waals surface area contributed by atoms with Gasteiger partial charge in [0.2, 0.25) is 5.91 Å². The maximum atomic E-state index is 12.4. The molecule has 4 heteroatoms. The minimum absolute atomic E-state index is 0.0536. The molecule has 1 atom stereocenters. The van der Waals surface area contributed by atoms with Gasteiger partial charge < -0.3 is 5.32 Å². The zero-order chi connectivity index (χ0) is 15.1. The molecule has 22 heavy (non-hydrogen) atoms. The highest BCUT2D eigenvalue weighted by Crippen LogP contribution is 2.32. The van der Waals surface area contributed by atoms with E-state index in [2.05, 4.69) is 30.4 Å². The lowest BCUT2D eigenvalue weighted by atomic mass is 9.87. The summed E-state index contributed by atoms with van der Waals surface area (Å²) >= 11 is 0. The summed E-state index contributed by atoms with van der Waals surface area (Å²) in [5.41, 5.74) is 5.26. The van der Waals surface area contributed by atoms with E-state index in [1.165, 1.54) is 5.56 Å². The number of carbonyl (C=O) groups is 1. The summed E-state index contributed by atoms with van der Waals surface area (Å²) in [6, 6.07) is 16.0. The predicted molar refractivity (Wildman–Crippen MR) is 88.2 cm³/mol. The Bertz CT molecular complexity index is 767. The van der Waals surface area contributed by atoms with E-state index < -0.39 is 0 Å². The first-order chi connectivity index (χ1) is 10.7. The van der Waals surface area contributed by atoms with Crippen LogP contribution in [-0.2, 0) is 4.79 Å². The highest BCUT2D eigenvalue weighted by Gasteiger charge is 2.34. The van der Waals surface area contributed by atoms with Crippen LogP contribution in [0.1, 0.15) is 17.5 Å². The molecule has 0 aromatic heterocycles. The number of nitrogens with one attached hydrogen (secondary N) is 1. The van der Waals surface area contributed by atoms with Gasteiger partial charge in [-0.15, -0.1) is 0 Å². The van der Waals surface area contributed by atoms with Crippen LogP contribution in [0.5, 0.6) is 0 Å². The Morgan fingerprint density at radius 1 is 1.18 bits per heavy atom. The molecule has 2 aliphatic rings. The predicted octanol–water partition coefficient (Wildman–Crippen LogP) is 3.18. The van der Waals surface area contributed by atoms with Crippen LogP contribution < -0.4 is 10.3 Å². The van der Waals surface area contributed by atoms with Crippen LogP contribution in [-0.4, -0.2) is 18.2 Å². The molecule has 4 rings (SSSR count). The number of anilines is 2. The summed E-state index contributed by atoms with van der Waals surface area (Å²) in [7, 11) is 0. The number of hydrogen-bond acceptors (Lipinski definition) is 3. The number of rotatable bonds is 1. The summed E-state index contributed by atoms with van der Waals surface area (Å²) in [6.07, 6.45) is 0.494. The third kappa shape index (κ3) is 2.08. The van der Waals surface area contributed by atoms with Crippen LogP contribution in [0.4, 0.5) is 11.4 Å². The van der Waals surface area contributed by atoms with Crippen molar-refractivity contribution in [2.75, 3.05) is 16.9 Å². The Morgan fingerprint density at radius 2 is 2.00 bits per heavy atom. The van der Waals surface area contributed by atoms with Gasteiger partial charge in [0.05, 0.1) is 11.4 Å². The molecule has 2 aromatic carbocycles. The molecule has 2 aromatic rings. The minimum atomic E-state index is 0.0536. The van der Waals surface area contributed by atoms with Crippen molar-refractivity contribution >= 4 is 23.0 Å². The monoisotopic (exact) mass is 291 g/mol. The summed E-state index contributed by atoms with van der Waals surface area (Å²) in [5, 5.41) is 9.66. The number of hydrogen-bond donors (Lipinski definition) is 1. The van der Waals surface area contributed by atoms with Gasteiger partial charge in [0, 0.05) is 30.1 Å². The first kappa shape index (κ1) is 13.1. The van der Waals surface area contributed by atoms with Crippen molar-refractivity contribution in [1.29, 1.82) is 0 Å². The molecule has 0 aliphatic carbocycles. The molecule has 1 amide bonds. The molecule has 1 unspecified atom stereocenters. The van der Waals surface area contributed by atoms with Crippen LogP contribution in [0.3, 0.4) is 0 Å². The van der Waals surface area contributed by atoms with Crippen LogP contribution in [0.15, 0.2) is 53.6 Å². The second-order valence-corrected chi connectivity index (χ2v) is 5.86.